The van der Waals surface area contributed by atoms with Gasteiger partial charge >= 0.3 is 0 Å². The minimum atomic E-state index is -3.75. The Morgan fingerprint density at radius 3 is 2.25 bits per heavy atom. The predicted octanol–water partition coefficient (Wildman–Crippen LogP) is 2.78. The monoisotopic (exact) mass is 459 g/mol. The van der Waals surface area contributed by atoms with Crippen molar-refractivity contribution in [2.45, 2.75) is 53.8 Å². The van der Waals surface area contributed by atoms with E-state index in [2.05, 4.69) is 4.90 Å². The molecule has 2 aromatic rings. The summed E-state index contributed by atoms with van der Waals surface area (Å²) in [4.78, 5) is 2.47. The Morgan fingerprint density at radius 2 is 1.59 bits per heavy atom. The summed E-state index contributed by atoms with van der Waals surface area (Å²) in [6, 6.07) is 17.7. The first-order valence-corrected chi connectivity index (χ1v) is 12.7. The van der Waals surface area contributed by atoms with Gasteiger partial charge in [-0.05, 0) is 38.1 Å². The van der Waals surface area contributed by atoms with Crippen molar-refractivity contribution in [3.8, 4) is 0 Å². The molecule has 3 fully saturated rings. The summed E-state index contributed by atoms with van der Waals surface area (Å²) in [5.74, 6) is 0. The van der Waals surface area contributed by atoms with Crippen LogP contribution in [-0.2, 0) is 28.8 Å². The molecule has 0 N–H and O–H groups in total. The van der Waals surface area contributed by atoms with Gasteiger partial charge in [0.05, 0.1) is 17.5 Å². The number of hydrogen-bond donors (Lipinski definition) is 0. The van der Waals surface area contributed by atoms with E-state index in [1.54, 1.807) is 31.4 Å². The van der Waals surface area contributed by atoms with Gasteiger partial charge in [0, 0.05) is 12.7 Å². The molecule has 3 aliphatic rings. The number of benzene rings is 2. The number of rotatable bonds is 5. The molecule has 0 amide bonds. The van der Waals surface area contributed by atoms with Crippen molar-refractivity contribution in [3.05, 3.63) is 66.2 Å². The van der Waals surface area contributed by atoms with Crippen LogP contribution in [0.1, 0.15) is 24.7 Å². The van der Waals surface area contributed by atoms with Gasteiger partial charge in [0.2, 0.25) is 0 Å². The fourth-order valence-electron chi connectivity index (χ4n) is 5.08. The minimum absolute atomic E-state index is 0.234. The Hall–Kier alpha value is -1.81. The Bertz CT molecular complexity index is 996. The Kier molecular flexibility index (Phi) is 6.33. The molecule has 6 atom stereocenters. The third-order valence-corrected chi connectivity index (χ3v) is 8.80. The summed E-state index contributed by atoms with van der Waals surface area (Å²) in [5.41, 5.74) is 0.855. The van der Waals surface area contributed by atoms with Gasteiger partial charge in [-0.25, -0.2) is 8.42 Å². The zero-order chi connectivity index (χ0) is 22.1. The summed E-state index contributed by atoms with van der Waals surface area (Å²) in [7, 11) is -2.18. The summed E-state index contributed by atoms with van der Waals surface area (Å²) >= 11 is 0. The normalized spacial score (nSPS) is 33.7. The molecule has 0 aliphatic carbocycles. The van der Waals surface area contributed by atoms with E-state index in [-0.39, 0.29) is 11.5 Å². The first-order valence-electron chi connectivity index (χ1n) is 11.1. The number of sulfone groups is 1. The third kappa shape index (κ3) is 4.00. The zero-order valence-electron chi connectivity index (χ0n) is 18.1. The Balaban J connectivity index is 1.57. The molecule has 0 aromatic heterocycles. The van der Waals surface area contributed by atoms with Crippen LogP contribution in [-0.4, -0.2) is 69.9 Å². The van der Waals surface area contributed by atoms with Crippen LogP contribution in [0.2, 0.25) is 0 Å². The van der Waals surface area contributed by atoms with Gasteiger partial charge in [-0.1, -0.05) is 48.5 Å². The van der Waals surface area contributed by atoms with E-state index < -0.39 is 45.9 Å². The van der Waals surface area contributed by atoms with Crippen LogP contribution in [0.4, 0.5) is 0 Å². The molecule has 0 saturated carbocycles. The second kappa shape index (κ2) is 9.21. The van der Waals surface area contributed by atoms with E-state index in [1.807, 2.05) is 36.4 Å². The second-order valence-electron chi connectivity index (χ2n) is 8.51. The number of fused-ring (bicyclic) bond motifs is 1. The number of likely N-dealkylation sites (tertiary alicyclic amines) is 1. The molecule has 3 aliphatic heterocycles. The predicted molar refractivity (Wildman–Crippen MR) is 118 cm³/mol. The summed E-state index contributed by atoms with van der Waals surface area (Å²) in [6.07, 6.45) is -0.504. The lowest BCUT2D eigenvalue weighted by molar-refractivity contribution is -0.324. The molecule has 172 valence electrons. The van der Waals surface area contributed by atoms with Crippen LogP contribution in [0.25, 0.3) is 0 Å². The first-order chi connectivity index (χ1) is 15.6. The SMILES string of the molecule is CO[C@@H]1O[C@@H]2CO[C@@H](c3ccccc3)O[C@H]2[C@H](S(=O)(=O)c2ccccc2)[C@H]1N1CCCC1. The molecular weight excluding hydrogens is 430 g/mol. The molecule has 0 unspecified atom stereocenters. The van der Waals surface area contributed by atoms with Crippen molar-refractivity contribution in [2.75, 3.05) is 26.8 Å². The fourth-order valence-corrected chi connectivity index (χ4v) is 7.19. The molecule has 8 heteroatoms. The van der Waals surface area contributed by atoms with E-state index in [9.17, 15) is 8.42 Å². The lowest BCUT2D eigenvalue weighted by Gasteiger charge is -2.51. The molecule has 3 heterocycles. The summed E-state index contributed by atoms with van der Waals surface area (Å²) in [6.45, 7) is 1.85. The Morgan fingerprint density at radius 1 is 0.938 bits per heavy atom. The van der Waals surface area contributed by atoms with Gasteiger partial charge in [0.1, 0.15) is 17.5 Å². The van der Waals surface area contributed by atoms with Gasteiger partial charge in [0.25, 0.3) is 0 Å². The highest BCUT2D eigenvalue weighted by atomic mass is 32.2. The maximum absolute atomic E-state index is 14.1. The van der Waals surface area contributed by atoms with Crippen molar-refractivity contribution in [2.24, 2.45) is 0 Å². The van der Waals surface area contributed by atoms with Crippen molar-refractivity contribution in [3.63, 3.8) is 0 Å². The van der Waals surface area contributed by atoms with Gasteiger partial charge in [-0.15, -0.1) is 0 Å². The van der Waals surface area contributed by atoms with E-state index >= 15 is 0 Å². The molecule has 7 nitrogen and oxygen atoms in total. The first kappa shape index (κ1) is 22.0. The molecule has 0 bridgehead atoms. The maximum atomic E-state index is 14.1. The topological polar surface area (TPSA) is 74.3 Å². The van der Waals surface area contributed by atoms with Crippen LogP contribution >= 0.6 is 0 Å². The highest BCUT2D eigenvalue weighted by Crippen LogP contribution is 2.41. The smallest absolute Gasteiger partial charge is 0.185 e. The number of ether oxygens (including phenoxy) is 4. The third-order valence-electron chi connectivity index (χ3n) is 6.60. The molecule has 0 spiro atoms. The van der Waals surface area contributed by atoms with Gasteiger partial charge in [-0.2, -0.15) is 0 Å². The molecule has 32 heavy (non-hydrogen) atoms. The maximum Gasteiger partial charge on any atom is 0.185 e. The quantitative estimate of drug-likeness (QED) is 0.681. The Labute approximate surface area is 189 Å². The van der Waals surface area contributed by atoms with E-state index in [1.165, 1.54) is 0 Å². The highest BCUT2D eigenvalue weighted by Gasteiger charge is 2.57. The van der Waals surface area contributed by atoms with Crippen LogP contribution in [0, 0.1) is 0 Å². The number of nitrogens with zero attached hydrogens (tertiary/aromatic N) is 1. The average Bonchev–Trinajstić information content (AvgIpc) is 3.38. The largest absolute Gasteiger partial charge is 0.354 e. The molecule has 5 rings (SSSR count). The summed E-state index contributed by atoms with van der Waals surface area (Å²) < 4.78 is 52.4. The molecular formula is C24H29NO6S. The molecule has 2 aromatic carbocycles. The minimum Gasteiger partial charge on any atom is -0.354 e. The summed E-state index contributed by atoms with van der Waals surface area (Å²) in [5, 5.41) is -0.846. The van der Waals surface area contributed by atoms with Crippen molar-refractivity contribution >= 4 is 9.84 Å². The lowest BCUT2D eigenvalue weighted by atomic mass is 9.97. The van der Waals surface area contributed by atoms with Crippen LogP contribution in [0.5, 0.6) is 0 Å². The number of hydrogen-bond acceptors (Lipinski definition) is 7. The highest BCUT2D eigenvalue weighted by molar-refractivity contribution is 7.92. The molecule has 3 saturated heterocycles. The van der Waals surface area contributed by atoms with Gasteiger partial charge in [0.15, 0.2) is 22.4 Å². The molecule has 0 radical (unpaired) electrons. The van der Waals surface area contributed by atoms with Crippen LogP contribution in [0.3, 0.4) is 0 Å². The van der Waals surface area contributed by atoms with Gasteiger partial charge in [-0.3, -0.25) is 4.90 Å². The van der Waals surface area contributed by atoms with Crippen molar-refractivity contribution in [1.29, 1.82) is 0 Å². The average molecular weight is 460 g/mol. The van der Waals surface area contributed by atoms with Crippen LogP contribution < -0.4 is 0 Å². The zero-order valence-corrected chi connectivity index (χ0v) is 18.9. The van der Waals surface area contributed by atoms with E-state index in [0.29, 0.717) is 0 Å². The fraction of sp³-hybridized carbons (Fsp3) is 0.500. The lowest BCUT2D eigenvalue weighted by Crippen LogP contribution is -2.68. The standard InChI is InChI=1S/C24H29NO6S/c1-28-24-20(25-14-8-9-15-25)22(32(26,27)18-12-6-3-7-13-18)21-19(30-24)16-29-23(31-21)17-10-4-2-5-11-17/h2-7,10-13,19-24H,8-9,14-16H2,1H3/t19-,20-,21-,22-,23-,24-/m1/s1. The van der Waals surface area contributed by atoms with Crippen LogP contribution in [0.15, 0.2) is 65.6 Å². The number of methoxy groups -OCH3 is 1. The van der Waals surface area contributed by atoms with E-state index in [4.69, 9.17) is 18.9 Å². The van der Waals surface area contributed by atoms with Gasteiger partial charge < -0.3 is 18.9 Å². The van der Waals surface area contributed by atoms with Crippen molar-refractivity contribution < 1.29 is 27.4 Å². The second-order valence-corrected chi connectivity index (χ2v) is 10.6. The van der Waals surface area contributed by atoms with Crippen molar-refractivity contribution in [1.82, 2.24) is 4.90 Å². The van der Waals surface area contributed by atoms with E-state index in [0.717, 1.165) is 31.5 Å².